The van der Waals surface area contributed by atoms with Crippen molar-refractivity contribution in [3.05, 3.63) is 17.8 Å². The molecule has 0 aromatic carbocycles. The Hall–Kier alpha value is -2.18. The van der Waals surface area contributed by atoms with Crippen LogP contribution in [0.4, 0.5) is 5.82 Å². The molecule has 1 saturated heterocycles. The molecule has 0 unspecified atom stereocenters. The van der Waals surface area contributed by atoms with Gasteiger partial charge in [0.05, 0.1) is 0 Å². The zero-order chi connectivity index (χ0) is 16.7. The molecule has 0 spiro atoms. The Kier molecular flexibility index (Phi) is 6.31. The van der Waals surface area contributed by atoms with Crippen LogP contribution in [0.25, 0.3) is 0 Å². The number of rotatable bonds is 7. The van der Waals surface area contributed by atoms with Crippen molar-refractivity contribution in [1.29, 1.82) is 0 Å². The summed E-state index contributed by atoms with van der Waals surface area (Å²) in [5, 5.41) is 8.31. The predicted octanol–water partition coefficient (Wildman–Crippen LogP) is 1.02. The van der Waals surface area contributed by atoms with Gasteiger partial charge in [0.2, 0.25) is 6.41 Å². The molecule has 1 fully saturated rings. The summed E-state index contributed by atoms with van der Waals surface area (Å²) in [6.45, 7) is 8.44. The van der Waals surface area contributed by atoms with Crippen LogP contribution in [0.2, 0.25) is 0 Å². The average molecular weight is 319 g/mol. The van der Waals surface area contributed by atoms with Gasteiger partial charge in [0.25, 0.3) is 5.91 Å². The lowest BCUT2D eigenvalue weighted by molar-refractivity contribution is -0.118. The van der Waals surface area contributed by atoms with Gasteiger partial charge in [-0.05, 0) is 25.0 Å². The van der Waals surface area contributed by atoms with Crippen molar-refractivity contribution in [2.24, 2.45) is 0 Å². The SMILES string of the molecule is CCCN(CCC)C(=O)c1ccc(N2CCN(C=O)CC2)nn1. The Balaban J connectivity index is 2.01. The Morgan fingerprint density at radius 1 is 1.13 bits per heavy atom. The van der Waals surface area contributed by atoms with E-state index >= 15 is 0 Å². The summed E-state index contributed by atoms with van der Waals surface area (Å²) in [6.07, 6.45) is 2.73. The van der Waals surface area contributed by atoms with Gasteiger partial charge in [-0.2, -0.15) is 0 Å². The van der Waals surface area contributed by atoms with E-state index in [9.17, 15) is 9.59 Å². The summed E-state index contributed by atoms with van der Waals surface area (Å²) in [5.41, 5.74) is 0.391. The van der Waals surface area contributed by atoms with Crippen LogP contribution in [0.15, 0.2) is 12.1 Å². The van der Waals surface area contributed by atoms with Crippen LogP contribution in [0.1, 0.15) is 37.2 Å². The molecular weight excluding hydrogens is 294 g/mol. The number of hydrogen-bond acceptors (Lipinski definition) is 5. The molecule has 0 radical (unpaired) electrons. The highest BCUT2D eigenvalue weighted by atomic mass is 16.2. The molecule has 1 aromatic heterocycles. The molecule has 0 N–H and O–H groups in total. The number of piperazine rings is 1. The molecule has 0 aliphatic carbocycles. The number of hydrogen-bond donors (Lipinski definition) is 0. The summed E-state index contributed by atoms with van der Waals surface area (Å²) in [7, 11) is 0. The highest BCUT2D eigenvalue weighted by Gasteiger charge is 2.19. The van der Waals surface area contributed by atoms with Crippen LogP contribution in [0.5, 0.6) is 0 Å². The molecule has 1 aliphatic heterocycles. The molecule has 1 aromatic rings. The van der Waals surface area contributed by atoms with E-state index in [0.717, 1.165) is 51.2 Å². The van der Waals surface area contributed by atoms with Gasteiger partial charge in [0.15, 0.2) is 11.5 Å². The first-order valence-corrected chi connectivity index (χ1v) is 8.26. The third-order valence-corrected chi connectivity index (χ3v) is 3.93. The zero-order valence-electron chi connectivity index (χ0n) is 13.9. The van der Waals surface area contributed by atoms with Crippen LogP contribution in [0.3, 0.4) is 0 Å². The van der Waals surface area contributed by atoms with Crippen molar-refractivity contribution in [1.82, 2.24) is 20.0 Å². The molecule has 0 bridgehead atoms. The lowest BCUT2D eigenvalue weighted by Gasteiger charge is -2.33. The van der Waals surface area contributed by atoms with E-state index in [0.29, 0.717) is 18.8 Å². The molecule has 23 heavy (non-hydrogen) atoms. The second kappa shape index (κ2) is 8.45. The van der Waals surface area contributed by atoms with Crippen LogP contribution >= 0.6 is 0 Å². The number of aromatic nitrogens is 2. The lowest BCUT2D eigenvalue weighted by Crippen LogP contribution is -2.46. The maximum Gasteiger partial charge on any atom is 0.274 e. The van der Waals surface area contributed by atoms with Gasteiger partial charge in [0.1, 0.15) is 0 Å². The molecule has 2 amide bonds. The molecule has 0 saturated carbocycles. The monoisotopic (exact) mass is 319 g/mol. The van der Waals surface area contributed by atoms with Crippen LogP contribution < -0.4 is 4.90 Å². The molecule has 7 nitrogen and oxygen atoms in total. The first-order chi connectivity index (χ1) is 11.2. The van der Waals surface area contributed by atoms with Gasteiger partial charge in [0, 0.05) is 39.3 Å². The summed E-state index contributed by atoms with van der Waals surface area (Å²) in [4.78, 5) is 28.8. The first kappa shape index (κ1) is 17.2. The van der Waals surface area contributed by atoms with E-state index in [2.05, 4.69) is 28.9 Å². The fourth-order valence-corrected chi connectivity index (χ4v) is 2.68. The van der Waals surface area contributed by atoms with E-state index in [-0.39, 0.29) is 5.91 Å². The van der Waals surface area contributed by atoms with Crippen molar-refractivity contribution in [2.75, 3.05) is 44.2 Å². The smallest absolute Gasteiger partial charge is 0.274 e. The third kappa shape index (κ3) is 4.40. The number of carbonyl (C=O) groups excluding carboxylic acids is 2. The number of nitrogens with zero attached hydrogens (tertiary/aromatic N) is 5. The minimum absolute atomic E-state index is 0.0569. The van der Waals surface area contributed by atoms with E-state index in [1.54, 1.807) is 11.0 Å². The number of amides is 2. The predicted molar refractivity (Wildman–Crippen MR) is 88.4 cm³/mol. The average Bonchev–Trinajstić information content (AvgIpc) is 2.61. The molecule has 2 rings (SSSR count). The van der Waals surface area contributed by atoms with Crippen LogP contribution in [-0.4, -0.2) is 71.6 Å². The molecule has 7 heteroatoms. The minimum Gasteiger partial charge on any atom is -0.352 e. The molecule has 2 heterocycles. The highest BCUT2D eigenvalue weighted by Crippen LogP contribution is 2.13. The van der Waals surface area contributed by atoms with Gasteiger partial charge >= 0.3 is 0 Å². The quantitative estimate of drug-likeness (QED) is 0.702. The van der Waals surface area contributed by atoms with E-state index in [1.165, 1.54) is 0 Å². The van der Waals surface area contributed by atoms with Crippen molar-refractivity contribution in [2.45, 2.75) is 26.7 Å². The van der Waals surface area contributed by atoms with Crippen LogP contribution in [0, 0.1) is 0 Å². The molecule has 0 atom stereocenters. The largest absolute Gasteiger partial charge is 0.352 e. The molecule has 126 valence electrons. The van der Waals surface area contributed by atoms with E-state index in [1.807, 2.05) is 11.0 Å². The second-order valence-corrected chi connectivity index (χ2v) is 5.70. The maximum atomic E-state index is 12.5. The van der Waals surface area contributed by atoms with Gasteiger partial charge in [-0.25, -0.2) is 0 Å². The van der Waals surface area contributed by atoms with Gasteiger partial charge in [-0.3, -0.25) is 9.59 Å². The fourth-order valence-electron chi connectivity index (χ4n) is 2.68. The second-order valence-electron chi connectivity index (χ2n) is 5.70. The van der Waals surface area contributed by atoms with E-state index in [4.69, 9.17) is 0 Å². The van der Waals surface area contributed by atoms with E-state index < -0.39 is 0 Å². The summed E-state index contributed by atoms with van der Waals surface area (Å²) in [5.74, 6) is 0.697. The van der Waals surface area contributed by atoms with Crippen molar-refractivity contribution >= 4 is 18.1 Å². The highest BCUT2D eigenvalue weighted by molar-refractivity contribution is 5.92. The Labute approximate surface area is 137 Å². The normalized spacial score (nSPS) is 14.7. The third-order valence-electron chi connectivity index (χ3n) is 3.93. The maximum absolute atomic E-state index is 12.5. The Morgan fingerprint density at radius 2 is 1.78 bits per heavy atom. The Bertz CT molecular complexity index is 506. The van der Waals surface area contributed by atoms with Crippen molar-refractivity contribution in [3.8, 4) is 0 Å². The van der Waals surface area contributed by atoms with Gasteiger partial charge in [-0.1, -0.05) is 13.8 Å². The number of anilines is 1. The topological polar surface area (TPSA) is 69.6 Å². The number of carbonyl (C=O) groups is 2. The fraction of sp³-hybridized carbons (Fsp3) is 0.625. The first-order valence-electron chi connectivity index (χ1n) is 8.26. The van der Waals surface area contributed by atoms with Gasteiger partial charge in [-0.15, -0.1) is 10.2 Å². The van der Waals surface area contributed by atoms with Crippen molar-refractivity contribution < 1.29 is 9.59 Å². The minimum atomic E-state index is -0.0569. The standard InChI is InChI=1S/C16H25N5O2/c1-3-7-21(8-4-2)16(23)14-5-6-15(18-17-14)20-11-9-19(13-22)10-12-20/h5-6,13H,3-4,7-12H2,1-2H3. The summed E-state index contributed by atoms with van der Waals surface area (Å²) in [6, 6.07) is 3.59. The molecular formula is C16H25N5O2. The lowest BCUT2D eigenvalue weighted by atomic mass is 10.2. The van der Waals surface area contributed by atoms with Gasteiger partial charge < -0.3 is 14.7 Å². The van der Waals surface area contributed by atoms with Crippen LogP contribution in [-0.2, 0) is 4.79 Å². The summed E-state index contributed by atoms with van der Waals surface area (Å²) < 4.78 is 0. The van der Waals surface area contributed by atoms with Crippen molar-refractivity contribution in [3.63, 3.8) is 0 Å². The summed E-state index contributed by atoms with van der Waals surface area (Å²) >= 11 is 0. The Morgan fingerprint density at radius 3 is 2.26 bits per heavy atom. The molecule has 1 aliphatic rings. The zero-order valence-corrected chi connectivity index (χ0v) is 13.9.